The molecule has 3 rings (SSSR count). The van der Waals surface area contributed by atoms with E-state index in [-0.39, 0.29) is 11.8 Å². The second kappa shape index (κ2) is 4.03. The summed E-state index contributed by atoms with van der Waals surface area (Å²) in [7, 11) is 0. The van der Waals surface area contributed by atoms with Crippen molar-refractivity contribution < 1.29 is 19.4 Å². The van der Waals surface area contributed by atoms with Crippen LogP contribution in [0.1, 0.15) is 23.3 Å². The van der Waals surface area contributed by atoms with Gasteiger partial charge in [0.1, 0.15) is 6.10 Å². The van der Waals surface area contributed by atoms with Crippen LogP contribution in [0.4, 0.5) is 0 Å². The Kier molecular flexibility index (Phi) is 2.51. The van der Waals surface area contributed by atoms with E-state index < -0.39 is 5.97 Å². The molecule has 0 aromatic carbocycles. The predicted molar refractivity (Wildman–Crippen MR) is 57.1 cm³/mol. The Labute approximate surface area is 98.1 Å². The summed E-state index contributed by atoms with van der Waals surface area (Å²) in [6.45, 7) is 1.91. The van der Waals surface area contributed by atoms with Gasteiger partial charge in [-0.3, -0.25) is 0 Å². The molecule has 1 saturated carbocycles. The van der Waals surface area contributed by atoms with Gasteiger partial charge >= 0.3 is 5.97 Å². The van der Waals surface area contributed by atoms with Gasteiger partial charge in [0, 0.05) is 12.7 Å². The third-order valence-electron chi connectivity index (χ3n) is 2.98. The fourth-order valence-corrected chi connectivity index (χ4v) is 1.87. The number of ether oxygens (including phenoxy) is 2. The minimum atomic E-state index is -1.03. The second-order valence-electron chi connectivity index (χ2n) is 4.58. The molecule has 6 heteroatoms. The van der Waals surface area contributed by atoms with E-state index in [1.165, 1.54) is 18.9 Å². The number of hydrogen-bond donors (Lipinski definition) is 1. The molecule has 1 aromatic heterocycles. The van der Waals surface area contributed by atoms with Gasteiger partial charge in [0.15, 0.2) is 5.69 Å². The number of fused-ring (bicyclic) bond motifs is 1. The van der Waals surface area contributed by atoms with Gasteiger partial charge < -0.3 is 14.6 Å². The van der Waals surface area contributed by atoms with E-state index in [1.807, 2.05) is 0 Å². The summed E-state index contributed by atoms with van der Waals surface area (Å²) in [6.07, 6.45) is 2.50. The molecule has 0 amide bonds. The highest BCUT2D eigenvalue weighted by Crippen LogP contribution is 2.29. The Hall–Kier alpha value is -1.56. The molecular formula is C11H14N2O4. The van der Waals surface area contributed by atoms with E-state index in [0.717, 1.165) is 12.5 Å². The predicted octanol–water partition coefficient (Wildman–Crippen LogP) is 0.769. The minimum Gasteiger partial charge on any atom is -0.476 e. The quantitative estimate of drug-likeness (QED) is 0.820. The van der Waals surface area contributed by atoms with Crippen LogP contribution in [0.15, 0.2) is 6.07 Å². The fourth-order valence-electron chi connectivity index (χ4n) is 1.87. The number of carboxylic acid groups (broad SMARTS) is 1. The van der Waals surface area contributed by atoms with Crippen LogP contribution in [-0.2, 0) is 11.3 Å². The molecule has 0 bridgehead atoms. The minimum absolute atomic E-state index is 0.0253. The number of carboxylic acids is 1. The molecule has 0 radical (unpaired) electrons. The zero-order valence-electron chi connectivity index (χ0n) is 9.33. The third kappa shape index (κ3) is 2.26. The Morgan fingerprint density at radius 1 is 1.59 bits per heavy atom. The van der Waals surface area contributed by atoms with Crippen LogP contribution in [0.25, 0.3) is 0 Å². The molecule has 1 unspecified atom stereocenters. The first-order valence-corrected chi connectivity index (χ1v) is 5.78. The third-order valence-corrected chi connectivity index (χ3v) is 2.98. The van der Waals surface area contributed by atoms with E-state index in [4.69, 9.17) is 14.6 Å². The highest BCUT2D eigenvalue weighted by Gasteiger charge is 2.27. The van der Waals surface area contributed by atoms with Crippen LogP contribution in [0.3, 0.4) is 0 Å². The van der Waals surface area contributed by atoms with Crippen LogP contribution in [0, 0.1) is 5.92 Å². The molecule has 1 aliphatic heterocycles. The summed E-state index contributed by atoms with van der Waals surface area (Å²) < 4.78 is 12.7. The standard InChI is InChI=1S/C11H14N2O4/c14-11(15)9-3-10-13(12-9)4-8(17-10)6-16-5-7-1-2-7/h3,7-8H,1-2,4-6H2,(H,14,15). The van der Waals surface area contributed by atoms with Crippen molar-refractivity contribution in [3.8, 4) is 5.88 Å². The molecule has 2 heterocycles. The lowest BCUT2D eigenvalue weighted by Crippen LogP contribution is -2.22. The van der Waals surface area contributed by atoms with Gasteiger partial charge in [0.05, 0.1) is 13.2 Å². The summed E-state index contributed by atoms with van der Waals surface area (Å²) in [5.74, 6) is 0.228. The highest BCUT2D eigenvalue weighted by molar-refractivity contribution is 5.85. The zero-order valence-corrected chi connectivity index (χ0v) is 9.33. The van der Waals surface area contributed by atoms with Gasteiger partial charge in [-0.1, -0.05) is 0 Å². The van der Waals surface area contributed by atoms with Gasteiger partial charge in [0.2, 0.25) is 5.88 Å². The summed E-state index contributed by atoms with van der Waals surface area (Å²) in [5, 5.41) is 12.7. The first kappa shape index (κ1) is 10.6. The van der Waals surface area contributed by atoms with Crippen LogP contribution < -0.4 is 4.74 Å². The molecule has 0 spiro atoms. The van der Waals surface area contributed by atoms with Crippen LogP contribution in [0.5, 0.6) is 5.88 Å². The largest absolute Gasteiger partial charge is 0.476 e. The summed E-state index contributed by atoms with van der Waals surface area (Å²) in [6, 6.07) is 1.45. The van der Waals surface area contributed by atoms with Gasteiger partial charge in [-0.15, -0.1) is 0 Å². The van der Waals surface area contributed by atoms with Gasteiger partial charge in [-0.25, -0.2) is 9.48 Å². The number of nitrogens with zero attached hydrogens (tertiary/aromatic N) is 2. The molecular weight excluding hydrogens is 224 g/mol. The van der Waals surface area contributed by atoms with Gasteiger partial charge in [0.25, 0.3) is 0 Å². The van der Waals surface area contributed by atoms with Crippen molar-refractivity contribution in [2.75, 3.05) is 13.2 Å². The van der Waals surface area contributed by atoms with Crippen molar-refractivity contribution in [1.29, 1.82) is 0 Å². The normalized spacial score (nSPS) is 22.2. The Morgan fingerprint density at radius 3 is 3.06 bits per heavy atom. The molecule has 17 heavy (non-hydrogen) atoms. The molecule has 1 aliphatic carbocycles. The van der Waals surface area contributed by atoms with Crippen molar-refractivity contribution in [3.05, 3.63) is 11.8 Å². The summed E-state index contributed by atoms with van der Waals surface area (Å²) in [4.78, 5) is 10.7. The maximum Gasteiger partial charge on any atom is 0.356 e. The smallest absolute Gasteiger partial charge is 0.356 e. The lowest BCUT2D eigenvalue weighted by Gasteiger charge is -2.09. The van der Waals surface area contributed by atoms with E-state index in [2.05, 4.69) is 5.10 Å². The highest BCUT2D eigenvalue weighted by atomic mass is 16.5. The van der Waals surface area contributed by atoms with Crippen molar-refractivity contribution in [1.82, 2.24) is 9.78 Å². The van der Waals surface area contributed by atoms with Crippen molar-refractivity contribution in [2.24, 2.45) is 5.92 Å². The Morgan fingerprint density at radius 2 is 2.41 bits per heavy atom. The topological polar surface area (TPSA) is 73.6 Å². The van der Waals surface area contributed by atoms with Gasteiger partial charge in [-0.2, -0.15) is 5.10 Å². The second-order valence-corrected chi connectivity index (χ2v) is 4.58. The average molecular weight is 238 g/mol. The monoisotopic (exact) mass is 238 g/mol. The maximum atomic E-state index is 10.7. The van der Waals surface area contributed by atoms with Crippen LogP contribution in [-0.4, -0.2) is 40.2 Å². The summed E-state index contributed by atoms with van der Waals surface area (Å²) >= 11 is 0. The van der Waals surface area contributed by atoms with E-state index >= 15 is 0 Å². The average Bonchev–Trinajstić information content (AvgIpc) is 2.86. The lowest BCUT2D eigenvalue weighted by molar-refractivity contribution is 0.0532. The molecule has 1 N–H and O–H groups in total. The van der Waals surface area contributed by atoms with E-state index in [9.17, 15) is 4.79 Å². The van der Waals surface area contributed by atoms with Crippen LogP contribution >= 0.6 is 0 Å². The Balaban J connectivity index is 1.52. The molecule has 92 valence electrons. The molecule has 1 aromatic rings. The molecule has 1 atom stereocenters. The molecule has 0 saturated heterocycles. The number of rotatable bonds is 5. The van der Waals surface area contributed by atoms with E-state index in [0.29, 0.717) is 19.0 Å². The molecule has 6 nitrogen and oxygen atoms in total. The zero-order chi connectivity index (χ0) is 11.8. The SMILES string of the molecule is O=C(O)c1cc2n(n1)CC(COCC1CC1)O2. The number of aromatic carboxylic acids is 1. The fraction of sp³-hybridized carbons (Fsp3) is 0.636. The molecule has 2 aliphatic rings. The lowest BCUT2D eigenvalue weighted by atomic mass is 10.4. The molecule has 1 fully saturated rings. The number of aromatic nitrogens is 2. The van der Waals surface area contributed by atoms with Crippen molar-refractivity contribution >= 4 is 5.97 Å². The van der Waals surface area contributed by atoms with Crippen LogP contribution in [0.2, 0.25) is 0 Å². The van der Waals surface area contributed by atoms with Crippen molar-refractivity contribution in [2.45, 2.75) is 25.5 Å². The number of carbonyl (C=O) groups is 1. The van der Waals surface area contributed by atoms with Gasteiger partial charge in [-0.05, 0) is 18.8 Å². The Bertz CT molecular complexity index is 415. The summed E-state index contributed by atoms with van der Waals surface area (Å²) in [5.41, 5.74) is 0.0253. The number of hydrogen-bond acceptors (Lipinski definition) is 4. The van der Waals surface area contributed by atoms with E-state index in [1.54, 1.807) is 4.68 Å². The first-order chi connectivity index (χ1) is 8.22. The van der Waals surface area contributed by atoms with Crippen molar-refractivity contribution in [3.63, 3.8) is 0 Å². The first-order valence-electron chi connectivity index (χ1n) is 5.78. The maximum absolute atomic E-state index is 10.7.